The van der Waals surface area contributed by atoms with Crippen molar-refractivity contribution in [2.75, 3.05) is 13.1 Å². The number of rotatable bonds is 2. The first kappa shape index (κ1) is 10.2. The Morgan fingerprint density at radius 1 is 1.43 bits per heavy atom. The van der Waals surface area contributed by atoms with Crippen LogP contribution in [0.2, 0.25) is 0 Å². The van der Waals surface area contributed by atoms with Crippen molar-refractivity contribution in [2.45, 2.75) is 46.1 Å². The van der Waals surface area contributed by atoms with Gasteiger partial charge in [0.15, 0.2) is 0 Å². The number of hydrogen-bond acceptors (Lipinski definition) is 2. The normalized spacial score (nSPS) is 41.2. The molecule has 80 valence electrons. The minimum Gasteiger partial charge on any atom is -0.302 e. The Kier molecular flexibility index (Phi) is 2.22. The molecule has 0 aromatic heterocycles. The highest BCUT2D eigenvalue weighted by Gasteiger charge is 2.57. The average Bonchev–Trinajstić information content (AvgIpc) is 2.57. The third-order valence-electron chi connectivity index (χ3n) is 4.80. The Balaban J connectivity index is 2.15. The number of aldehydes is 1. The lowest BCUT2D eigenvalue weighted by Gasteiger charge is -2.54. The number of hydrogen-bond donors (Lipinski definition) is 0. The monoisotopic (exact) mass is 195 g/mol. The topological polar surface area (TPSA) is 20.3 Å². The molecule has 1 spiro atoms. The quantitative estimate of drug-likeness (QED) is 0.629. The molecular formula is C12H21NO. The summed E-state index contributed by atoms with van der Waals surface area (Å²) >= 11 is 0. The number of likely N-dealkylation sites (N-methyl/N-ethyl adjacent to an activating group) is 1. The molecule has 0 aromatic carbocycles. The summed E-state index contributed by atoms with van der Waals surface area (Å²) in [7, 11) is 0. The van der Waals surface area contributed by atoms with Gasteiger partial charge in [0.25, 0.3) is 0 Å². The average molecular weight is 195 g/mol. The molecule has 14 heavy (non-hydrogen) atoms. The molecule has 1 aliphatic heterocycles. The van der Waals surface area contributed by atoms with Crippen LogP contribution in [0.5, 0.6) is 0 Å². The Labute approximate surface area is 86.7 Å². The van der Waals surface area contributed by atoms with Gasteiger partial charge in [0, 0.05) is 6.54 Å². The van der Waals surface area contributed by atoms with E-state index < -0.39 is 0 Å². The molecule has 2 rings (SSSR count). The van der Waals surface area contributed by atoms with Crippen molar-refractivity contribution in [3.05, 3.63) is 0 Å². The Morgan fingerprint density at radius 3 is 2.43 bits per heavy atom. The first-order valence-corrected chi connectivity index (χ1v) is 5.74. The van der Waals surface area contributed by atoms with Gasteiger partial charge in [-0.2, -0.15) is 0 Å². The van der Waals surface area contributed by atoms with E-state index in [4.69, 9.17) is 0 Å². The molecule has 2 aliphatic rings. The highest BCUT2D eigenvalue weighted by molar-refractivity contribution is 5.58. The zero-order chi connectivity index (χ0) is 10.4. The number of likely N-dealkylation sites (tertiary alicyclic amines) is 1. The van der Waals surface area contributed by atoms with E-state index in [1.54, 1.807) is 0 Å². The van der Waals surface area contributed by atoms with Crippen molar-refractivity contribution in [3.63, 3.8) is 0 Å². The maximum atomic E-state index is 11.0. The standard InChI is InChI=1S/C12H21NO/c1-4-13-9-12(7-10(13)8-14)6-5-11(12,2)3/h8,10H,4-7,9H2,1-3H3. The summed E-state index contributed by atoms with van der Waals surface area (Å²) in [6, 6.07) is 0.194. The van der Waals surface area contributed by atoms with Crippen molar-refractivity contribution in [3.8, 4) is 0 Å². The second-order valence-electron chi connectivity index (χ2n) is 5.63. The molecule has 1 aliphatic carbocycles. The van der Waals surface area contributed by atoms with Gasteiger partial charge in [-0.25, -0.2) is 0 Å². The minimum absolute atomic E-state index is 0.194. The Bertz CT molecular complexity index is 249. The molecule has 2 nitrogen and oxygen atoms in total. The summed E-state index contributed by atoms with van der Waals surface area (Å²) in [4.78, 5) is 13.3. The lowest BCUT2D eigenvalue weighted by atomic mass is 9.50. The maximum Gasteiger partial charge on any atom is 0.137 e. The van der Waals surface area contributed by atoms with Gasteiger partial charge < -0.3 is 4.79 Å². The Morgan fingerprint density at radius 2 is 2.14 bits per heavy atom. The summed E-state index contributed by atoms with van der Waals surface area (Å²) in [5.74, 6) is 0. The van der Waals surface area contributed by atoms with Crippen molar-refractivity contribution >= 4 is 6.29 Å². The second kappa shape index (κ2) is 3.06. The third-order valence-corrected chi connectivity index (χ3v) is 4.80. The molecule has 1 saturated heterocycles. The summed E-state index contributed by atoms with van der Waals surface area (Å²) in [6.45, 7) is 9.03. The van der Waals surface area contributed by atoms with Gasteiger partial charge in [0.2, 0.25) is 0 Å². The van der Waals surface area contributed by atoms with E-state index in [1.165, 1.54) is 12.8 Å². The van der Waals surface area contributed by atoms with E-state index >= 15 is 0 Å². The van der Waals surface area contributed by atoms with Gasteiger partial charge in [0.1, 0.15) is 6.29 Å². The van der Waals surface area contributed by atoms with Gasteiger partial charge in [-0.15, -0.1) is 0 Å². The van der Waals surface area contributed by atoms with Gasteiger partial charge >= 0.3 is 0 Å². The lowest BCUT2D eigenvalue weighted by Crippen LogP contribution is -2.49. The molecule has 2 fully saturated rings. The molecule has 0 radical (unpaired) electrons. The zero-order valence-corrected chi connectivity index (χ0v) is 9.55. The van der Waals surface area contributed by atoms with Crippen LogP contribution in [0, 0.1) is 10.8 Å². The molecule has 1 saturated carbocycles. The minimum atomic E-state index is 0.194. The maximum absolute atomic E-state index is 11.0. The summed E-state index contributed by atoms with van der Waals surface area (Å²) < 4.78 is 0. The highest BCUT2D eigenvalue weighted by Crippen LogP contribution is 2.61. The largest absolute Gasteiger partial charge is 0.302 e. The van der Waals surface area contributed by atoms with Gasteiger partial charge in [-0.05, 0) is 36.6 Å². The first-order valence-electron chi connectivity index (χ1n) is 5.74. The third kappa shape index (κ3) is 1.16. The second-order valence-corrected chi connectivity index (χ2v) is 5.63. The van der Waals surface area contributed by atoms with Crippen LogP contribution in [-0.4, -0.2) is 30.3 Å². The fourth-order valence-corrected chi connectivity index (χ4v) is 3.23. The van der Waals surface area contributed by atoms with Crippen molar-refractivity contribution in [2.24, 2.45) is 10.8 Å². The molecule has 0 N–H and O–H groups in total. The van der Waals surface area contributed by atoms with Gasteiger partial charge in [-0.1, -0.05) is 20.8 Å². The predicted octanol–water partition coefficient (Wildman–Crippen LogP) is 2.09. The van der Waals surface area contributed by atoms with Crippen molar-refractivity contribution in [1.29, 1.82) is 0 Å². The smallest absolute Gasteiger partial charge is 0.137 e. The molecule has 0 bridgehead atoms. The Hall–Kier alpha value is -0.370. The van der Waals surface area contributed by atoms with Gasteiger partial charge in [0.05, 0.1) is 6.04 Å². The van der Waals surface area contributed by atoms with E-state index in [0.717, 1.165) is 25.8 Å². The van der Waals surface area contributed by atoms with Crippen LogP contribution in [0.3, 0.4) is 0 Å². The van der Waals surface area contributed by atoms with E-state index in [2.05, 4.69) is 25.7 Å². The fraction of sp³-hybridized carbons (Fsp3) is 0.917. The SMILES string of the molecule is CCN1CC2(CCC2(C)C)CC1C=O. The highest BCUT2D eigenvalue weighted by atomic mass is 16.1. The van der Waals surface area contributed by atoms with Crippen LogP contribution in [0.15, 0.2) is 0 Å². The number of carbonyl (C=O) groups excluding carboxylic acids is 1. The van der Waals surface area contributed by atoms with Crippen LogP contribution < -0.4 is 0 Å². The summed E-state index contributed by atoms with van der Waals surface area (Å²) in [5, 5.41) is 0. The van der Waals surface area contributed by atoms with Crippen LogP contribution in [0.1, 0.15) is 40.0 Å². The first-order chi connectivity index (χ1) is 6.54. The predicted molar refractivity (Wildman–Crippen MR) is 57.2 cm³/mol. The van der Waals surface area contributed by atoms with Crippen molar-refractivity contribution in [1.82, 2.24) is 4.90 Å². The molecule has 1 heterocycles. The zero-order valence-electron chi connectivity index (χ0n) is 9.55. The van der Waals surface area contributed by atoms with Crippen LogP contribution in [-0.2, 0) is 4.79 Å². The van der Waals surface area contributed by atoms with Crippen LogP contribution in [0.25, 0.3) is 0 Å². The molecule has 2 unspecified atom stereocenters. The van der Waals surface area contributed by atoms with Crippen LogP contribution in [0.4, 0.5) is 0 Å². The number of nitrogens with zero attached hydrogens (tertiary/aromatic N) is 1. The summed E-state index contributed by atoms with van der Waals surface area (Å²) in [5.41, 5.74) is 0.909. The van der Waals surface area contributed by atoms with E-state index in [9.17, 15) is 4.79 Å². The number of carbonyl (C=O) groups is 1. The fourth-order valence-electron chi connectivity index (χ4n) is 3.23. The van der Waals surface area contributed by atoms with E-state index in [-0.39, 0.29) is 6.04 Å². The molecule has 2 heteroatoms. The van der Waals surface area contributed by atoms with Crippen molar-refractivity contribution < 1.29 is 4.79 Å². The van der Waals surface area contributed by atoms with E-state index in [1.807, 2.05) is 0 Å². The lowest BCUT2D eigenvalue weighted by molar-refractivity contribution is -0.111. The van der Waals surface area contributed by atoms with Crippen LogP contribution >= 0.6 is 0 Å². The van der Waals surface area contributed by atoms with E-state index in [0.29, 0.717) is 10.8 Å². The molecule has 2 atom stereocenters. The summed E-state index contributed by atoms with van der Waals surface area (Å²) in [6.07, 6.45) is 4.89. The van der Waals surface area contributed by atoms with Gasteiger partial charge in [-0.3, -0.25) is 4.90 Å². The molecule has 0 aromatic rings. The molecule has 0 amide bonds. The molecular weight excluding hydrogens is 174 g/mol.